The van der Waals surface area contributed by atoms with Gasteiger partial charge in [-0.2, -0.15) is 5.10 Å². The van der Waals surface area contributed by atoms with Crippen LogP contribution in [0.15, 0.2) is 30.3 Å². The summed E-state index contributed by atoms with van der Waals surface area (Å²) in [6.45, 7) is 1.86. The van der Waals surface area contributed by atoms with Crippen molar-refractivity contribution in [2.45, 2.75) is 6.92 Å². The lowest BCUT2D eigenvalue weighted by atomic mass is 10.0. The van der Waals surface area contributed by atoms with Crippen molar-refractivity contribution >= 4 is 5.97 Å². The molecule has 1 aromatic heterocycles. The molecule has 2 rings (SSSR count). The SMILES string of the molecule is Cc1c(-c2ccccc2)c(C(=O)O)nn1C. The molecular weight excluding hydrogens is 204 g/mol. The van der Waals surface area contributed by atoms with Crippen molar-refractivity contribution in [3.63, 3.8) is 0 Å². The molecule has 0 amide bonds. The molecule has 0 atom stereocenters. The lowest BCUT2D eigenvalue weighted by Gasteiger charge is -2.01. The number of carbonyl (C=O) groups is 1. The Kier molecular flexibility index (Phi) is 2.48. The molecule has 0 radical (unpaired) electrons. The molecule has 0 aliphatic rings. The number of carboxylic acids is 1. The molecule has 82 valence electrons. The van der Waals surface area contributed by atoms with Gasteiger partial charge in [0.2, 0.25) is 0 Å². The molecule has 1 aromatic carbocycles. The van der Waals surface area contributed by atoms with Crippen LogP contribution in [-0.2, 0) is 7.05 Å². The zero-order valence-corrected chi connectivity index (χ0v) is 9.14. The third kappa shape index (κ3) is 1.58. The zero-order valence-electron chi connectivity index (χ0n) is 9.14. The third-order valence-corrected chi connectivity index (χ3v) is 2.60. The summed E-state index contributed by atoms with van der Waals surface area (Å²) >= 11 is 0. The first kappa shape index (κ1) is 10.4. The van der Waals surface area contributed by atoms with Crippen LogP contribution >= 0.6 is 0 Å². The molecule has 0 unspecified atom stereocenters. The van der Waals surface area contributed by atoms with E-state index in [0.29, 0.717) is 5.56 Å². The smallest absolute Gasteiger partial charge is 0.357 e. The lowest BCUT2D eigenvalue weighted by Crippen LogP contribution is -2.00. The van der Waals surface area contributed by atoms with Crippen molar-refractivity contribution in [1.82, 2.24) is 9.78 Å². The summed E-state index contributed by atoms with van der Waals surface area (Å²) < 4.78 is 1.59. The maximum absolute atomic E-state index is 11.1. The van der Waals surface area contributed by atoms with Crippen LogP contribution < -0.4 is 0 Å². The van der Waals surface area contributed by atoms with Gasteiger partial charge in [-0.3, -0.25) is 4.68 Å². The van der Waals surface area contributed by atoms with Crippen molar-refractivity contribution in [1.29, 1.82) is 0 Å². The zero-order chi connectivity index (χ0) is 11.7. The van der Waals surface area contributed by atoms with Gasteiger partial charge in [0.25, 0.3) is 0 Å². The summed E-state index contributed by atoms with van der Waals surface area (Å²) in [5.74, 6) is -0.998. The quantitative estimate of drug-likeness (QED) is 0.836. The summed E-state index contributed by atoms with van der Waals surface area (Å²) in [4.78, 5) is 11.1. The normalized spacial score (nSPS) is 10.4. The minimum atomic E-state index is -0.998. The van der Waals surface area contributed by atoms with Crippen molar-refractivity contribution in [3.8, 4) is 11.1 Å². The molecule has 4 heteroatoms. The number of hydrogen-bond acceptors (Lipinski definition) is 2. The third-order valence-electron chi connectivity index (χ3n) is 2.60. The van der Waals surface area contributed by atoms with Crippen molar-refractivity contribution < 1.29 is 9.90 Å². The first-order chi connectivity index (χ1) is 7.61. The van der Waals surface area contributed by atoms with Gasteiger partial charge in [0, 0.05) is 18.3 Å². The number of aryl methyl sites for hydroxylation is 1. The van der Waals surface area contributed by atoms with Crippen LogP contribution in [-0.4, -0.2) is 20.9 Å². The summed E-state index contributed by atoms with van der Waals surface area (Å²) in [7, 11) is 1.74. The number of hydrogen-bond donors (Lipinski definition) is 1. The average molecular weight is 216 g/mol. The molecule has 0 saturated heterocycles. The van der Waals surface area contributed by atoms with Gasteiger partial charge in [-0.15, -0.1) is 0 Å². The van der Waals surface area contributed by atoms with Gasteiger partial charge in [-0.05, 0) is 12.5 Å². The Balaban J connectivity index is 2.68. The van der Waals surface area contributed by atoms with E-state index in [2.05, 4.69) is 5.10 Å². The standard InChI is InChI=1S/C12H12N2O2/c1-8-10(9-6-4-3-5-7-9)11(12(15)16)13-14(8)2/h3-7H,1-2H3,(H,15,16). The maximum atomic E-state index is 11.1. The highest BCUT2D eigenvalue weighted by atomic mass is 16.4. The minimum Gasteiger partial charge on any atom is -0.476 e. The average Bonchev–Trinajstić information content (AvgIpc) is 2.57. The predicted molar refractivity (Wildman–Crippen MR) is 60.3 cm³/mol. The lowest BCUT2D eigenvalue weighted by molar-refractivity contribution is 0.0690. The topological polar surface area (TPSA) is 55.1 Å². The number of aromatic nitrogens is 2. The van der Waals surface area contributed by atoms with Crippen LogP contribution in [0.5, 0.6) is 0 Å². The van der Waals surface area contributed by atoms with Crippen LogP contribution in [0.3, 0.4) is 0 Å². The second-order valence-electron chi connectivity index (χ2n) is 3.60. The Morgan fingerprint density at radius 1 is 1.31 bits per heavy atom. The van der Waals surface area contributed by atoms with E-state index >= 15 is 0 Å². The van der Waals surface area contributed by atoms with E-state index in [0.717, 1.165) is 11.3 Å². The number of nitrogens with zero attached hydrogens (tertiary/aromatic N) is 2. The van der Waals surface area contributed by atoms with Crippen molar-refractivity contribution in [2.75, 3.05) is 0 Å². The molecule has 16 heavy (non-hydrogen) atoms. The number of carboxylic acid groups (broad SMARTS) is 1. The van der Waals surface area contributed by atoms with E-state index in [1.807, 2.05) is 37.3 Å². The monoisotopic (exact) mass is 216 g/mol. The van der Waals surface area contributed by atoms with E-state index in [1.54, 1.807) is 11.7 Å². The predicted octanol–water partition coefficient (Wildman–Crippen LogP) is 2.09. The fourth-order valence-electron chi connectivity index (χ4n) is 1.71. The van der Waals surface area contributed by atoms with Crippen LogP contribution in [0.1, 0.15) is 16.2 Å². The van der Waals surface area contributed by atoms with Gasteiger partial charge in [0.1, 0.15) is 0 Å². The van der Waals surface area contributed by atoms with Crippen LogP contribution in [0.2, 0.25) is 0 Å². The summed E-state index contributed by atoms with van der Waals surface area (Å²) in [5, 5.41) is 13.1. The number of benzene rings is 1. The molecule has 2 aromatic rings. The molecular formula is C12H12N2O2. The molecule has 4 nitrogen and oxygen atoms in total. The van der Waals surface area contributed by atoms with E-state index < -0.39 is 5.97 Å². The second-order valence-corrected chi connectivity index (χ2v) is 3.60. The van der Waals surface area contributed by atoms with Gasteiger partial charge >= 0.3 is 5.97 Å². The summed E-state index contributed by atoms with van der Waals surface area (Å²) in [5.41, 5.74) is 2.52. The second kappa shape index (κ2) is 3.81. The first-order valence-corrected chi connectivity index (χ1v) is 4.93. The molecule has 1 heterocycles. The molecule has 1 N–H and O–H groups in total. The highest BCUT2D eigenvalue weighted by molar-refractivity contribution is 5.94. The van der Waals surface area contributed by atoms with Gasteiger partial charge in [-0.1, -0.05) is 30.3 Å². The molecule has 0 bridgehead atoms. The van der Waals surface area contributed by atoms with Gasteiger partial charge in [0.05, 0.1) is 0 Å². The molecule has 0 spiro atoms. The van der Waals surface area contributed by atoms with Gasteiger partial charge in [0.15, 0.2) is 5.69 Å². The molecule has 0 saturated carbocycles. The van der Waals surface area contributed by atoms with Crippen LogP contribution in [0.25, 0.3) is 11.1 Å². The highest BCUT2D eigenvalue weighted by Gasteiger charge is 2.19. The van der Waals surface area contributed by atoms with Crippen LogP contribution in [0.4, 0.5) is 0 Å². The Hall–Kier alpha value is -2.10. The first-order valence-electron chi connectivity index (χ1n) is 4.93. The van der Waals surface area contributed by atoms with Crippen LogP contribution in [0, 0.1) is 6.92 Å². The summed E-state index contributed by atoms with van der Waals surface area (Å²) in [6.07, 6.45) is 0. The number of aromatic carboxylic acids is 1. The Labute approximate surface area is 93.1 Å². The fourth-order valence-corrected chi connectivity index (χ4v) is 1.71. The maximum Gasteiger partial charge on any atom is 0.357 e. The van der Waals surface area contributed by atoms with E-state index in [9.17, 15) is 4.79 Å². The van der Waals surface area contributed by atoms with E-state index in [4.69, 9.17) is 5.11 Å². The molecule has 0 fully saturated rings. The molecule has 0 aliphatic carbocycles. The van der Waals surface area contributed by atoms with Crippen molar-refractivity contribution in [2.24, 2.45) is 7.05 Å². The van der Waals surface area contributed by atoms with Gasteiger partial charge in [-0.25, -0.2) is 4.79 Å². The Morgan fingerprint density at radius 2 is 1.94 bits per heavy atom. The Bertz CT molecular complexity index is 529. The van der Waals surface area contributed by atoms with Crippen molar-refractivity contribution in [3.05, 3.63) is 41.7 Å². The fraction of sp³-hybridized carbons (Fsp3) is 0.167. The molecule has 0 aliphatic heterocycles. The van der Waals surface area contributed by atoms with E-state index in [1.165, 1.54) is 0 Å². The van der Waals surface area contributed by atoms with Gasteiger partial charge < -0.3 is 5.11 Å². The van der Waals surface area contributed by atoms with E-state index in [-0.39, 0.29) is 5.69 Å². The number of rotatable bonds is 2. The summed E-state index contributed by atoms with van der Waals surface area (Å²) in [6, 6.07) is 9.43. The highest BCUT2D eigenvalue weighted by Crippen LogP contribution is 2.26. The Morgan fingerprint density at radius 3 is 2.50 bits per heavy atom. The largest absolute Gasteiger partial charge is 0.476 e. The minimum absolute atomic E-state index is 0.103.